The van der Waals surface area contributed by atoms with Crippen molar-refractivity contribution >= 4 is 0 Å². The Kier molecular flexibility index (Phi) is 4.83. The van der Waals surface area contributed by atoms with E-state index in [1.807, 2.05) is 6.20 Å². The highest BCUT2D eigenvalue weighted by atomic mass is 14.7. The lowest BCUT2D eigenvalue weighted by molar-refractivity contribution is 0.641. The summed E-state index contributed by atoms with van der Waals surface area (Å²) in [6, 6.07) is 32.2. The Hall–Kier alpha value is -3.19. The van der Waals surface area contributed by atoms with Gasteiger partial charge in [0.15, 0.2) is 0 Å². The molecule has 0 spiro atoms. The minimum Gasteiger partial charge on any atom is -0.256 e. The first-order valence-electron chi connectivity index (χ1n) is 9.74. The molecular weight excluding hydrogens is 338 g/mol. The highest BCUT2D eigenvalue weighted by Crippen LogP contribution is 2.34. The fraction of sp³-hybridized carbons (Fsp3) is 0.148. The van der Waals surface area contributed by atoms with Crippen LogP contribution in [-0.2, 0) is 5.41 Å². The first kappa shape index (κ1) is 18.2. The molecule has 1 heteroatoms. The first-order valence-corrected chi connectivity index (χ1v) is 9.74. The predicted octanol–water partition coefficient (Wildman–Crippen LogP) is 7.05. The molecular formula is C27H25N. The monoisotopic (exact) mass is 363 g/mol. The van der Waals surface area contributed by atoms with Gasteiger partial charge in [-0.3, -0.25) is 4.98 Å². The molecule has 3 aromatic carbocycles. The lowest BCUT2D eigenvalue weighted by Gasteiger charge is -2.26. The molecule has 0 bridgehead atoms. The van der Waals surface area contributed by atoms with Crippen molar-refractivity contribution in [3.63, 3.8) is 0 Å². The summed E-state index contributed by atoms with van der Waals surface area (Å²) in [5.74, 6) is 0. The number of nitrogens with zero attached hydrogens (tertiary/aromatic N) is 1. The summed E-state index contributed by atoms with van der Waals surface area (Å²) < 4.78 is 0. The average molecular weight is 364 g/mol. The van der Waals surface area contributed by atoms with Crippen molar-refractivity contribution in [1.29, 1.82) is 0 Å². The molecule has 0 fully saturated rings. The van der Waals surface area contributed by atoms with Gasteiger partial charge in [-0.15, -0.1) is 0 Å². The van der Waals surface area contributed by atoms with E-state index in [2.05, 4.69) is 112 Å². The zero-order valence-corrected chi connectivity index (χ0v) is 16.7. The van der Waals surface area contributed by atoms with Gasteiger partial charge in [-0.1, -0.05) is 92.7 Å². The maximum absolute atomic E-state index is 4.73. The molecule has 1 heterocycles. The van der Waals surface area contributed by atoms with Crippen molar-refractivity contribution in [3.8, 4) is 22.4 Å². The number of aromatic nitrogens is 1. The number of pyridine rings is 1. The van der Waals surface area contributed by atoms with E-state index >= 15 is 0 Å². The van der Waals surface area contributed by atoms with Crippen molar-refractivity contribution in [2.24, 2.45) is 0 Å². The highest BCUT2D eigenvalue weighted by Gasteiger charge is 2.23. The van der Waals surface area contributed by atoms with Gasteiger partial charge >= 0.3 is 0 Å². The van der Waals surface area contributed by atoms with Gasteiger partial charge in [0.25, 0.3) is 0 Å². The van der Waals surface area contributed by atoms with Crippen LogP contribution < -0.4 is 0 Å². The SMILES string of the molecule is Cc1cnc(-c2cccc(C(C)(C)c3ccccc3)c2)cc1-c1ccccc1. The molecule has 0 radical (unpaired) electrons. The molecule has 0 aliphatic carbocycles. The third-order valence-corrected chi connectivity index (χ3v) is 5.56. The molecule has 138 valence electrons. The molecule has 0 aliphatic rings. The minimum absolute atomic E-state index is 0.0653. The summed E-state index contributed by atoms with van der Waals surface area (Å²) in [4.78, 5) is 4.73. The molecule has 4 rings (SSSR count). The zero-order valence-electron chi connectivity index (χ0n) is 16.7. The second kappa shape index (κ2) is 7.44. The summed E-state index contributed by atoms with van der Waals surface area (Å²) in [6.07, 6.45) is 1.98. The fourth-order valence-corrected chi connectivity index (χ4v) is 3.70. The lowest BCUT2D eigenvalue weighted by atomic mass is 9.77. The third-order valence-electron chi connectivity index (χ3n) is 5.56. The van der Waals surface area contributed by atoms with E-state index in [0.29, 0.717) is 0 Å². The van der Waals surface area contributed by atoms with Crippen LogP contribution in [0.25, 0.3) is 22.4 Å². The summed E-state index contributed by atoms with van der Waals surface area (Å²) in [7, 11) is 0. The third kappa shape index (κ3) is 3.48. The highest BCUT2D eigenvalue weighted by molar-refractivity contribution is 5.73. The van der Waals surface area contributed by atoms with E-state index in [0.717, 1.165) is 11.3 Å². The minimum atomic E-state index is -0.0653. The Labute approximate surface area is 167 Å². The summed E-state index contributed by atoms with van der Waals surface area (Å²) in [5.41, 5.74) is 8.35. The van der Waals surface area contributed by atoms with E-state index in [4.69, 9.17) is 4.98 Å². The second-order valence-corrected chi connectivity index (χ2v) is 7.82. The molecule has 0 N–H and O–H groups in total. The molecule has 28 heavy (non-hydrogen) atoms. The van der Waals surface area contributed by atoms with Crippen LogP contribution in [0.5, 0.6) is 0 Å². The molecule has 1 nitrogen and oxygen atoms in total. The topological polar surface area (TPSA) is 12.9 Å². The van der Waals surface area contributed by atoms with E-state index in [9.17, 15) is 0 Å². The van der Waals surface area contributed by atoms with Gasteiger partial charge in [-0.25, -0.2) is 0 Å². The van der Waals surface area contributed by atoms with Crippen molar-refractivity contribution < 1.29 is 0 Å². The number of aryl methyl sites for hydroxylation is 1. The van der Waals surface area contributed by atoms with Crippen LogP contribution >= 0.6 is 0 Å². The van der Waals surface area contributed by atoms with Crippen LogP contribution in [-0.4, -0.2) is 4.98 Å². The van der Waals surface area contributed by atoms with E-state index in [1.54, 1.807) is 0 Å². The van der Waals surface area contributed by atoms with Crippen LogP contribution in [0.1, 0.15) is 30.5 Å². The van der Waals surface area contributed by atoms with E-state index in [1.165, 1.54) is 27.8 Å². The van der Waals surface area contributed by atoms with E-state index in [-0.39, 0.29) is 5.41 Å². The van der Waals surface area contributed by atoms with Crippen LogP contribution in [0, 0.1) is 6.92 Å². The van der Waals surface area contributed by atoms with E-state index < -0.39 is 0 Å². The van der Waals surface area contributed by atoms with Gasteiger partial charge in [0, 0.05) is 17.2 Å². The number of benzene rings is 3. The van der Waals surface area contributed by atoms with Gasteiger partial charge in [0.05, 0.1) is 5.69 Å². The standard InChI is InChI=1S/C27H25N/c1-20-19-28-26(18-25(20)21-11-6-4-7-12-21)22-13-10-16-24(17-22)27(2,3)23-14-8-5-9-15-23/h4-19H,1-3H3. The van der Waals surface area contributed by atoms with Gasteiger partial charge in [-0.05, 0) is 46.9 Å². The van der Waals surface area contributed by atoms with Crippen LogP contribution in [0.2, 0.25) is 0 Å². The van der Waals surface area contributed by atoms with Gasteiger partial charge in [0.2, 0.25) is 0 Å². The Bertz CT molecular complexity index is 1080. The molecule has 0 amide bonds. The van der Waals surface area contributed by atoms with Crippen LogP contribution in [0.15, 0.2) is 97.2 Å². The molecule has 0 saturated carbocycles. The van der Waals surface area contributed by atoms with Crippen molar-refractivity contribution in [1.82, 2.24) is 4.98 Å². The number of hydrogen-bond donors (Lipinski definition) is 0. The predicted molar refractivity (Wildman–Crippen MR) is 118 cm³/mol. The van der Waals surface area contributed by atoms with Crippen molar-refractivity contribution in [3.05, 3.63) is 114 Å². The Morgan fingerprint density at radius 3 is 1.96 bits per heavy atom. The van der Waals surface area contributed by atoms with Gasteiger partial charge < -0.3 is 0 Å². The Balaban J connectivity index is 1.77. The molecule has 4 aromatic rings. The average Bonchev–Trinajstić information content (AvgIpc) is 2.75. The molecule has 1 aromatic heterocycles. The maximum atomic E-state index is 4.73. The number of hydrogen-bond acceptors (Lipinski definition) is 1. The number of rotatable bonds is 4. The zero-order chi connectivity index (χ0) is 19.6. The van der Waals surface area contributed by atoms with Gasteiger partial charge in [-0.2, -0.15) is 0 Å². The second-order valence-electron chi connectivity index (χ2n) is 7.82. The van der Waals surface area contributed by atoms with Crippen molar-refractivity contribution in [2.45, 2.75) is 26.2 Å². The maximum Gasteiger partial charge on any atom is 0.0708 e. The molecule has 0 atom stereocenters. The smallest absolute Gasteiger partial charge is 0.0708 e. The lowest BCUT2D eigenvalue weighted by Crippen LogP contribution is -2.18. The molecule has 0 saturated heterocycles. The van der Waals surface area contributed by atoms with Crippen molar-refractivity contribution in [2.75, 3.05) is 0 Å². The molecule has 0 aliphatic heterocycles. The first-order chi connectivity index (χ1) is 13.6. The summed E-state index contributed by atoms with van der Waals surface area (Å²) >= 11 is 0. The Morgan fingerprint density at radius 1 is 0.643 bits per heavy atom. The normalized spacial score (nSPS) is 11.4. The largest absolute Gasteiger partial charge is 0.256 e. The summed E-state index contributed by atoms with van der Waals surface area (Å²) in [6.45, 7) is 6.67. The fourth-order valence-electron chi connectivity index (χ4n) is 3.70. The summed E-state index contributed by atoms with van der Waals surface area (Å²) in [5, 5.41) is 0. The van der Waals surface area contributed by atoms with Gasteiger partial charge in [0.1, 0.15) is 0 Å². The van der Waals surface area contributed by atoms with Crippen LogP contribution in [0.3, 0.4) is 0 Å². The van der Waals surface area contributed by atoms with Crippen LogP contribution in [0.4, 0.5) is 0 Å². The Morgan fingerprint density at radius 2 is 1.25 bits per heavy atom. The quantitative estimate of drug-likeness (QED) is 0.378. The molecule has 0 unspecified atom stereocenters.